The van der Waals surface area contributed by atoms with Crippen molar-refractivity contribution in [2.75, 3.05) is 17.2 Å². The zero-order valence-electron chi connectivity index (χ0n) is 13.4. The molecule has 0 atom stereocenters. The maximum Gasteiger partial charge on any atom is 0.138 e. The minimum absolute atomic E-state index is 0.0918. The summed E-state index contributed by atoms with van der Waals surface area (Å²) in [5.41, 5.74) is 6.96. The fraction of sp³-hybridized carbons (Fsp3) is 0.733. The molecular weight excluding hydrogens is 236 g/mol. The largest absolute Gasteiger partial charge is 0.383 e. The summed E-state index contributed by atoms with van der Waals surface area (Å²) in [6, 6.07) is 0.403. The lowest BCUT2D eigenvalue weighted by atomic mass is 9.95. The zero-order valence-corrected chi connectivity index (χ0v) is 13.4. The monoisotopic (exact) mass is 264 g/mol. The van der Waals surface area contributed by atoms with Gasteiger partial charge in [0.05, 0.1) is 0 Å². The van der Waals surface area contributed by atoms with Gasteiger partial charge in [0.1, 0.15) is 17.5 Å². The number of nitrogen functional groups attached to an aromatic ring is 1. The second kappa shape index (κ2) is 5.76. The second-order valence-electron chi connectivity index (χ2n) is 6.42. The van der Waals surface area contributed by atoms with Crippen molar-refractivity contribution in [1.29, 1.82) is 0 Å². The smallest absolute Gasteiger partial charge is 0.138 e. The summed E-state index contributed by atoms with van der Waals surface area (Å²) in [5, 5.41) is 0. The molecule has 0 saturated carbocycles. The number of anilines is 2. The van der Waals surface area contributed by atoms with Crippen LogP contribution in [0.5, 0.6) is 0 Å². The Hall–Kier alpha value is -1.32. The summed E-state index contributed by atoms with van der Waals surface area (Å²) < 4.78 is 0. The maximum absolute atomic E-state index is 6.07. The number of hydrogen-bond acceptors (Lipinski definition) is 4. The Kier molecular flexibility index (Phi) is 4.77. The minimum Gasteiger partial charge on any atom is -0.383 e. The van der Waals surface area contributed by atoms with Crippen molar-refractivity contribution in [1.82, 2.24) is 9.97 Å². The minimum atomic E-state index is -0.0918. The molecule has 0 saturated heterocycles. The van der Waals surface area contributed by atoms with E-state index in [1.54, 1.807) is 0 Å². The summed E-state index contributed by atoms with van der Waals surface area (Å²) in [4.78, 5) is 11.5. The van der Waals surface area contributed by atoms with Crippen molar-refractivity contribution in [2.24, 2.45) is 0 Å². The Morgan fingerprint density at radius 1 is 1.21 bits per heavy atom. The molecule has 1 aromatic rings. The number of aromatic nitrogens is 2. The van der Waals surface area contributed by atoms with Gasteiger partial charge in [-0.2, -0.15) is 0 Å². The average molecular weight is 264 g/mol. The van der Waals surface area contributed by atoms with Crippen LogP contribution in [0.4, 0.5) is 11.6 Å². The molecule has 0 unspecified atom stereocenters. The molecule has 0 aromatic carbocycles. The van der Waals surface area contributed by atoms with Crippen molar-refractivity contribution in [3.8, 4) is 0 Å². The molecule has 1 aromatic heterocycles. The number of nitrogens with two attached hydrogens (primary N) is 1. The van der Waals surface area contributed by atoms with Crippen LogP contribution in [0.25, 0.3) is 0 Å². The molecule has 19 heavy (non-hydrogen) atoms. The van der Waals surface area contributed by atoms with Crippen molar-refractivity contribution in [3.05, 3.63) is 11.4 Å². The molecule has 0 aliphatic carbocycles. The normalized spacial score (nSPS) is 12.0. The molecule has 4 nitrogen and oxygen atoms in total. The van der Waals surface area contributed by atoms with Gasteiger partial charge in [-0.05, 0) is 27.2 Å². The van der Waals surface area contributed by atoms with E-state index in [2.05, 4.69) is 51.4 Å². The fourth-order valence-corrected chi connectivity index (χ4v) is 1.99. The van der Waals surface area contributed by atoms with Crippen LogP contribution in [-0.4, -0.2) is 22.6 Å². The van der Waals surface area contributed by atoms with Crippen molar-refractivity contribution in [3.63, 3.8) is 0 Å². The number of rotatable bonds is 4. The van der Waals surface area contributed by atoms with Crippen molar-refractivity contribution in [2.45, 2.75) is 66.3 Å². The molecule has 4 heteroatoms. The predicted molar refractivity (Wildman–Crippen MR) is 82.7 cm³/mol. The van der Waals surface area contributed by atoms with E-state index >= 15 is 0 Å². The zero-order chi connectivity index (χ0) is 14.8. The Morgan fingerprint density at radius 3 is 2.21 bits per heavy atom. The van der Waals surface area contributed by atoms with Gasteiger partial charge in [0.2, 0.25) is 0 Å². The molecule has 0 aliphatic rings. The molecule has 0 amide bonds. The molecule has 108 valence electrons. The standard InChI is InChI=1S/C15H28N4/c1-8-9-19(10(2)3)13-11(4)12(16)17-14(18-13)15(5,6)7/h10H,8-9H2,1-7H3,(H2,16,17,18). The average Bonchev–Trinajstić information content (AvgIpc) is 2.28. The van der Waals surface area contributed by atoms with Crippen LogP contribution in [0.1, 0.15) is 59.4 Å². The molecule has 0 fully saturated rings. The molecule has 0 radical (unpaired) electrons. The van der Waals surface area contributed by atoms with Crippen LogP contribution in [0.15, 0.2) is 0 Å². The van der Waals surface area contributed by atoms with E-state index in [1.807, 2.05) is 6.92 Å². The molecule has 1 heterocycles. The third kappa shape index (κ3) is 3.58. The van der Waals surface area contributed by atoms with E-state index in [4.69, 9.17) is 10.7 Å². The number of nitrogens with zero attached hydrogens (tertiary/aromatic N) is 3. The van der Waals surface area contributed by atoms with Gasteiger partial charge in [0.25, 0.3) is 0 Å². The summed E-state index contributed by atoms with van der Waals surface area (Å²) in [5.74, 6) is 2.39. The van der Waals surface area contributed by atoms with Crippen LogP contribution in [-0.2, 0) is 5.41 Å². The summed E-state index contributed by atoms with van der Waals surface area (Å²) >= 11 is 0. The van der Waals surface area contributed by atoms with Crippen molar-refractivity contribution < 1.29 is 0 Å². The topological polar surface area (TPSA) is 55.0 Å². The molecule has 0 aliphatic heterocycles. The fourth-order valence-electron chi connectivity index (χ4n) is 1.99. The first kappa shape index (κ1) is 15.7. The Bertz CT molecular complexity index is 433. The maximum atomic E-state index is 6.07. The summed E-state index contributed by atoms with van der Waals surface area (Å²) in [6.45, 7) is 15.9. The van der Waals surface area contributed by atoms with Crippen LogP contribution < -0.4 is 10.6 Å². The summed E-state index contributed by atoms with van der Waals surface area (Å²) in [6.07, 6.45) is 1.09. The molecule has 2 N–H and O–H groups in total. The van der Waals surface area contributed by atoms with Gasteiger partial charge in [-0.15, -0.1) is 0 Å². The lowest BCUT2D eigenvalue weighted by Gasteiger charge is -2.30. The van der Waals surface area contributed by atoms with E-state index in [0.29, 0.717) is 11.9 Å². The van der Waals surface area contributed by atoms with E-state index in [0.717, 1.165) is 30.2 Å². The first-order valence-corrected chi connectivity index (χ1v) is 7.09. The first-order valence-electron chi connectivity index (χ1n) is 7.09. The Balaban J connectivity index is 3.36. The van der Waals surface area contributed by atoms with E-state index in [-0.39, 0.29) is 5.41 Å². The SMILES string of the molecule is CCCN(c1nc(C(C)(C)C)nc(N)c1C)C(C)C. The van der Waals surface area contributed by atoms with Crippen LogP contribution >= 0.6 is 0 Å². The van der Waals surface area contributed by atoms with Crippen LogP contribution in [0.3, 0.4) is 0 Å². The van der Waals surface area contributed by atoms with E-state index in [9.17, 15) is 0 Å². The summed E-state index contributed by atoms with van der Waals surface area (Å²) in [7, 11) is 0. The van der Waals surface area contributed by atoms with Gasteiger partial charge in [-0.1, -0.05) is 27.7 Å². The van der Waals surface area contributed by atoms with Gasteiger partial charge in [0.15, 0.2) is 0 Å². The lowest BCUT2D eigenvalue weighted by molar-refractivity contribution is 0.541. The third-order valence-electron chi connectivity index (χ3n) is 3.19. The van der Waals surface area contributed by atoms with Crippen LogP contribution in [0.2, 0.25) is 0 Å². The third-order valence-corrected chi connectivity index (χ3v) is 3.19. The van der Waals surface area contributed by atoms with Gasteiger partial charge >= 0.3 is 0 Å². The second-order valence-corrected chi connectivity index (χ2v) is 6.42. The first-order chi connectivity index (χ1) is 8.68. The lowest BCUT2D eigenvalue weighted by Crippen LogP contribution is -2.34. The molecule has 1 rings (SSSR count). The number of hydrogen-bond donors (Lipinski definition) is 1. The van der Waals surface area contributed by atoms with E-state index < -0.39 is 0 Å². The Morgan fingerprint density at radius 2 is 1.79 bits per heavy atom. The highest BCUT2D eigenvalue weighted by Gasteiger charge is 2.23. The van der Waals surface area contributed by atoms with Gasteiger partial charge in [0, 0.05) is 23.6 Å². The molecule has 0 spiro atoms. The highest BCUT2D eigenvalue weighted by molar-refractivity contribution is 5.57. The van der Waals surface area contributed by atoms with Crippen LogP contribution in [0, 0.1) is 6.92 Å². The highest BCUT2D eigenvalue weighted by atomic mass is 15.2. The Labute approximate surface area is 117 Å². The molecular formula is C15H28N4. The van der Waals surface area contributed by atoms with Gasteiger partial charge in [-0.3, -0.25) is 0 Å². The highest BCUT2D eigenvalue weighted by Crippen LogP contribution is 2.28. The van der Waals surface area contributed by atoms with Gasteiger partial charge in [-0.25, -0.2) is 9.97 Å². The van der Waals surface area contributed by atoms with Gasteiger partial charge < -0.3 is 10.6 Å². The van der Waals surface area contributed by atoms with E-state index in [1.165, 1.54) is 0 Å². The predicted octanol–water partition coefficient (Wildman–Crippen LogP) is 3.29. The van der Waals surface area contributed by atoms with Crippen molar-refractivity contribution >= 4 is 11.6 Å². The quantitative estimate of drug-likeness (QED) is 0.906. The molecule has 0 bridgehead atoms.